The van der Waals surface area contributed by atoms with Gasteiger partial charge in [0.25, 0.3) is 0 Å². The van der Waals surface area contributed by atoms with Crippen LogP contribution in [0.15, 0.2) is 59.1 Å². The first-order chi connectivity index (χ1) is 9.86. The van der Waals surface area contributed by atoms with E-state index in [0.29, 0.717) is 6.04 Å². The Labute approximate surface area is 128 Å². The summed E-state index contributed by atoms with van der Waals surface area (Å²) in [7, 11) is 0. The van der Waals surface area contributed by atoms with E-state index in [1.165, 1.54) is 15.6 Å². The van der Waals surface area contributed by atoms with E-state index >= 15 is 0 Å². The molecule has 1 aliphatic rings. The maximum atomic E-state index is 3.72. The molecule has 3 heteroatoms. The molecule has 0 saturated carbocycles. The van der Waals surface area contributed by atoms with E-state index in [0.717, 1.165) is 26.2 Å². The van der Waals surface area contributed by atoms with Gasteiger partial charge in [-0.2, -0.15) is 0 Å². The summed E-state index contributed by atoms with van der Waals surface area (Å²) in [4.78, 5) is 2.56. The van der Waals surface area contributed by atoms with Gasteiger partial charge in [-0.3, -0.25) is 4.90 Å². The summed E-state index contributed by atoms with van der Waals surface area (Å²) in [6, 6.07) is 19.7. The summed E-state index contributed by atoms with van der Waals surface area (Å²) >= 11 is 3.72. The first-order valence-corrected chi connectivity index (χ1v) is 7.90. The lowest BCUT2D eigenvalue weighted by atomic mass is 9.96. The number of nitrogens with one attached hydrogen (secondary N) is 1. The van der Waals surface area contributed by atoms with Crippen molar-refractivity contribution in [2.75, 3.05) is 26.2 Å². The van der Waals surface area contributed by atoms with Crippen molar-refractivity contribution < 1.29 is 0 Å². The number of halogens is 1. The van der Waals surface area contributed by atoms with Gasteiger partial charge in [-0.05, 0) is 17.2 Å². The van der Waals surface area contributed by atoms with Crippen molar-refractivity contribution in [1.29, 1.82) is 0 Å². The van der Waals surface area contributed by atoms with Gasteiger partial charge in [0.15, 0.2) is 0 Å². The molecular weight excluding hydrogens is 312 g/mol. The van der Waals surface area contributed by atoms with E-state index in [4.69, 9.17) is 0 Å². The largest absolute Gasteiger partial charge is 0.314 e. The van der Waals surface area contributed by atoms with Crippen LogP contribution < -0.4 is 5.32 Å². The lowest BCUT2D eigenvalue weighted by Gasteiger charge is -2.36. The fourth-order valence-electron chi connectivity index (χ4n) is 2.86. The van der Waals surface area contributed by atoms with Crippen molar-refractivity contribution in [2.45, 2.75) is 6.04 Å². The van der Waals surface area contributed by atoms with Crippen LogP contribution in [-0.2, 0) is 0 Å². The van der Waals surface area contributed by atoms with Crippen LogP contribution >= 0.6 is 15.9 Å². The van der Waals surface area contributed by atoms with E-state index in [1.54, 1.807) is 0 Å². The minimum absolute atomic E-state index is 0.328. The molecule has 1 N–H and O–H groups in total. The molecule has 0 amide bonds. The van der Waals surface area contributed by atoms with Crippen molar-refractivity contribution in [3.63, 3.8) is 0 Å². The molecule has 0 spiro atoms. The zero-order valence-corrected chi connectivity index (χ0v) is 13.0. The summed E-state index contributed by atoms with van der Waals surface area (Å²) in [5, 5.41) is 3.43. The van der Waals surface area contributed by atoms with E-state index in [-0.39, 0.29) is 0 Å². The van der Waals surface area contributed by atoms with Crippen LogP contribution in [0.25, 0.3) is 0 Å². The lowest BCUT2D eigenvalue weighted by molar-refractivity contribution is 0.198. The average Bonchev–Trinajstić information content (AvgIpc) is 2.52. The van der Waals surface area contributed by atoms with Crippen molar-refractivity contribution in [3.8, 4) is 0 Å². The van der Waals surface area contributed by atoms with Gasteiger partial charge in [0.05, 0.1) is 6.04 Å². The van der Waals surface area contributed by atoms with Gasteiger partial charge in [0.2, 0.25) is 0 Å². The van der Waals surface area contributed by atoms with Crippen LogP contribution in [0.1, 0.15) is 17.2 Å². The lowest BCUT2D eigenvalue weighted by Crippen LogP contribution is -2.45. The number of benzene rings is 2. The Kier molecular flexibility index (Phi) is 4.51. The molecule has 0 aromatic heterocycles. The molecule has 1 fully saturated rings. The molecule has 2 nitrogen and oxygen atoms in total. The summed E-state index contributed by atoms with van der Waals surface area (Å²) in [5.41, 5.74) is 2.71. The molecule has 0 radical (unpaired) electrons. The second kappa shape index (κ2) is 6.53. The molecule has 1 saturated heterocycles. The zero-order valence-electron chi connectivity index (χ0n) is 11.4. The van der Waals surface area contributed by atoms with Crippen LogP contribution in [0.2, 0.25) is 0 Å². The Morgan fingerprint density at radius 1 is 0.900 bits per heavy atom. The van der Waals surface area contributed by atoms with E-state index in [1.807, 2.05) is 0 Å². The number of hydrogen-bond donors (Lipinski definition) is 1. The zero-order chi connectivity index (χ0) is 13.8. The second-order valence-corrected chi connectivity index (χ2v) is 5.98. The number of hydrogen-bond acceptors (Lipinski definition) is 2. The molecule has 0 aliphatic carbocycles. The highest BCUT2D eigenvalue weighted by molar-refractivity contribution is 9.10. The highest BCUT2D eigenvalue weighted by Gasteiger charge is 2.24. The predicted octanol–water partition coefficient (Wildman–Crippen LogP) is 3.44. The topological polar surface area (TPSA) is 15.3 Å². The van der Waals surface area contributed by atoms with Gasteiger partial charge >= 0.3 is 0 Å². The number of nitrogens with zero attached hydrogens (tertiary/aromatic N) is 1. The molecule has 2 aromatic rings. The smallest absolute Gasteiger partial charge is 0.0613 e. The van der Waals surface area contributed by atoms with Gasteiger partial charge in [-0.25, -0.2) is 0 Å². The maximum absolute atomic E-state index is 3.72. The molecule has 20 heavy (non-hydrogen) atoms. The molecule has 1 aliphatic heterocycles. The summed E-state index contributed by atoms with van der Waals surface area (Å²) in [6.07, 6.45) is 0. The third-order valence-electron chi connectivity index (χ3n) is 3.83. The average molecular weight is 331 g/mol. The highest BCUT2D eigenvalue weighted by atomic mass is 79.9. The second-order valence-electron chi connectivity index (χ2n) is 5.12. The molecule has 0 bridgehead atoms. The number of piperazine rings is 1. The quantitative estimate of drug-likeness (QED) is 0.927. The monoisotopic (exact) mass is 330 g/mol. The van der Waals surface area contributed by atoms with Gasteiger partial charge in [0, 0.05) is 30.7 Å². The SMILES string of the molecule is Brc1ccccc1C(c1ccccc1)N1CCNCC1. The summed E-state index contributed by atoms with van der Waals surface area (Å²) in [5.74, 6) is 0. The summed E-state index contributed by atoms with van der Waals surface area (Å²) in [6.45, 7) is 4.30. The van der Waals surface area contributed by atoms with Gasteiger partial charge in [-0.1, -0.05) is 64.5 Å². The predicted molar refractivity (Wildman–Crippen MR) is 86.9 cm³/mol. The molecule has 104 valence electrons. The molecule has 1 atom stereocenters. The van der Waals surface area contributed by atoms with Crippen molar-refractivity contribution >= 4 is 15.9 Å². The Morgan fingerprint density at radius 2 is 1.55 bits per heavy atom. The van der Waals surface area contributed by atoms with Crippen LogP contribution in [-0.4, -0.2) is 31.1 Å². The van der Waals surface area contributed by atoms with Crippen molar-refractivity contribution in [1.82, 2.24) is 10.2 Å². The molecule has 1 heterocycles. The third-order valence-corrected chi connectivity index (χ3v) is 4.55. The van der Waals surface area contributed by atoms with Crippen LogP contribution in [0.4, 0.5) is 0 Å². The van der Waals surface area contributed by atoms with Crippen LogP contribution in [0.5, 0.6) is 0 Å². The molecule has 2 aromatic carbocycles. The molecular formula is C17H19BrN2. The summed E-state index contributed by atoms with van der Waals surface area (Å²) < 4.78 is 1.19. The van der Waals surface area contributed by atoms with Crippen molar-refractivity contribution in [3.05, 3.63) is 70.2 Å². The van der Waals surface area contributed by atoms with Crippen molar-refractivity contribution in [2.24, 2.45) is 0 Å². The maximum Gasteiger partial charge on any atom is 0.0613 e. The minimum atomic E-state index is 0.328. The fraction of sp³-hybridized carbons (Fsp3) is 0.294. The number of rotatable bonds is 3. The van der Waals surface area contributed by atoms with Gasteiger partial charge in [0.1, 0.15) is 0 Å². The molecule has 3 rings (SSSR count). The third kappa shape index (κ3) is 2.95. The highest BCUT2D eigenvalue weighted by Crippen LogP contribution is 2.33. The first kappa shape index (κ1) is 13.8. The first-order valence-electron chi connectivity index (χ1n) is 7.10. The van der Waals surface area contributed by atoms with E-state index in [9.17, 15) is 0 Å². The van der Waals surface area contributed by atoms with E-state index in [2.05, 4.69) is 80.7 Å². The van der Waals surface area contributed by atoms with E-state index < -0.39 is 0 Å². The molecule has 1 unspecified atom stereocenters. The standard InChI is InChI=1S/C17H19BrN2/c18-16-9-5-4-8-15(16)17(14-6-2-1-3-7-14)20-12-10-19-11-13-20/h1-9,17,19H,10-13H2. The van der Waals surface area contributed by atoms with Gasteiger partial charge in [-0.15, -0.1) is 0 Å². The van der Waals surface area contributed by atoms with Crippen LogP contribution in [0, 0.1) is 0 Å². The fourth-order valence-corrected chi connectivity index (χ4v) is 3.36. The Morgan fingerprint density at radius 3 is 2.25 bits per heavy atom. The Balaban J connectivity index is 2.01. The Hall–Kier alpha value is -1.16. The van der Waals surface area contributed by atoms with Crippen LogP contribution in [0.3, 0.4) is 0 Å². The normalized spacial score (nSPS) is 17.9. The van der Waals surface area contributed by atoms with Gasteiger partial charge < -0.3 is 5.32 Å². The minimum Gasteiger partial charge on any atom is -0.314 e. The Bertz CT molecular complexity index is 550.